The Hall–Kier alpha value is -7.37. The van der Waals surface area contributed by atoms with E-state index in [-0.39, 0.29) is 0 Å². The largest absolute Gasteiger partial charge is 0.313 e. The first kappa shape index (κ1) is 32.3. The Balaban J connectivity index is 1.19. The normalized spacial score (nSPS) is 11.7. The molecule has 7 aromatic carbocycles. The third-order valence-corrected chi connectivity index (χ3v) is 10.5. The van der Waals surface area contributed by atoms with Gasteiger partial charge < -0.3 is 9.13 Å². The monoisotopic (exact) mass is 705 g/mol. The lowest BCUT2D eigenvalue weighted by Gasteiger charge is -2.13. The Morgan fingerprint density at radius 2 is 1.11 bits per heavy atom. The second-order valence-electron chi connectivity index (χ2n) is 13.7. The Labute approximate surface area is 318 Å². The van der Waals surface area contributed by atoms with Gasteiger partial charge >= 0.3 is 0 Å². The lowest BCUT2D eigenvalue weighted by molar-refractivity contribution is 1.05. The summed E-state index contributed by atoms with van der Waals surface area (Å²) >= 11 is 0. The first-order valence-corrected chi connectivity index (χ1v) is 18.5. The Bertz CT molecular complexity index is 3040. The lowest BCUT2D eigenvalue weighted by Crippen LogP contribution is -2.01. The van der Waals surface area contributed by atoms with Crippen molar-refractivity contribution in [2.24, 2.45) is 0 Å². The van der Waals surface area contributed by atoms with Gasteiger partial charge in [-0.05, 0) is 60.2 Å². The molecule has 0 amide bonds. The van der Waals surface area contributed by atoms with Crippen LogP contribution in [0.1, 0.15) is 11.3 Å². The van der Waals surface area contributed by atoms with E-state index in [1.54, 1.807) is 0 Å². The average Bonchev–Trinajstić information content (AvgIpc) is 3.74. The summed E-state index contributed by atoms with van der Waals surface area (Å²) in [6.45, 7) is 6.22. The predicted molar refractivity (Wildman–Crippen MR) is 229 cm³/mol. The maximum atomic E-state index is 5.05. The van der Waals surface area contributed by atoms with Gasteiger partial charge in [-0.3, -0.25) is 0 Å². The summed E-state index contributed by atoms with van der Waals surface area (Å²) in [5.74, 6) is 1.93. The molecule has 0 aliphatic rings. The molecule has 0 N–H and O–H groups in total. The minimum absolute atomic E-state index is 0.641. The summed E-state index contributed by atoms with van der Waals surface area (Å²) in [6, 6.07) is 57.2. The molecule has 0 aliphatic carbocycles. The molecule has 0 aliphatic heterocycles. The minimum atomic E-state index is 0.641. The fraction of sp³-hybridized carbons (Fsp3) is 0.0200. The summed E-state index contributed by atoms with van der Waals surface area (Å²) in [4.78, 5) is 15.0. The smallest absolute Gasteiger partial charge is 0.164 e. The number of para-hydroxylation sites is 2. The van der Waals surface area contributed by atoms with Crippen LogP contribution in [0.25, 0.3) is 95.1 Å². The quantitative estimate of drug-likeness (QED) is 0.155. The van der Waals surface area contributed by atoms with Crippen molar-refractivity contribution in [2.75, 3.05) is 0 Å². The zero-order valence-corrected chi connectivity index (χ0v) is 30.3. The molecule has 0 atom stereocenters. The number of hydrogen-bond acceptors (Lipinski definition) is 3. The number of aromatic nitrogens is 5. The number of hydrogen-bond donors (Lipinski definition) is 0. The van der Waals surface area contributed by atoms with Crippen LogP contribution in [-0.4, -0.2) is 24.1 Å². The molecule has 0 fully saturated rings. The van der Waals surface area contributed by atoms with Gasteiger partial charge in [-0.15, -0.1) is 0 Å². The third-order valence-electron chi connectivity index (χ3n) is 10.5. The molecule has 5 heteroatoms. The highest BCUT2D eigenvalue weighted by molar-refractivity contribution is 6.23. The van der Waals surface area contributed by atoms with E-state index >= 15 is 0 Å². The number of fused-ring (bicyclic) bond motifs is 6. The molecule has 3 aromatic heterocycles. The fourth-order valence-corrected chi connectivity index (χ4v) is 8.08. The van der Waals surface area contributed by atoms with Gasteiger partial charge in [0, 0.05) is 55.5 Å². The minimum Gasteiger partial charge on any atom is -0.313 e. The second-order valence-corrected chi connectivity index (χ2v) is 13.7. The molecule has 0 unspecified atom stereocenters. The van der Waals surface area contributed by atoms with E-state index in [2.05, 4.69) is 132 Å². The fourth-order valence-electron chi connectivity index (χ4n) is 8.08. The van der Waals surface area contributed by atoms with Crippen LogP contribution < -0.4 is 0 Å². The van der Waals surface area contributed by atoms with Gasteiger partial charge in [-0.1, -0.05) is 146 Å². The maximum absolute atomic E-state index is 5.05. The highest BCUT2D eigenvalue weighted by Crippen LogP contribution is 2.42. The molecule has 0 bridgehead atoms. The molecule has 260 valence electrons. The highest BCUT2D eigenvalue weighted by atomic mass is 15.0. The summed E-state index contributed by atoms with van der Waals surface area (Å²) in [6.07, 6.45) is 6.08. The van der Waals surface area contributed by atoms with Crippen molar-refractivity contribution in [3.8, 4) is 45.5 Å². The number of benzene rings is 7. The summed E-state index contributed by atoms with van der Waals surface area (Å²) in [5, 5.41) is 5.86. The SMILES string of the molecule is C=C/C=C\c1c(C)n(-c2ccc3c(-c4nc(-c5ccccc5)nc(-c5ccccc5)n4)cccc3c2)c2ccc3c(c4ccccc4n3-c3ccccc3)c12. The van der Waals surface area contributed by atoms with Crippen LogP contribution in [-0.2, 0) is 0 Å². The third kappa shape index (κ3) is 5.36. The van der Waals surface area contributed by atoms with E-state index in [9.17, 15) is 0 Å². The second kappa shape index (κ2) is 13.2. The van der Waals surface area contributed by atoms with Crippen LogP contribution >= 0.6 is 0 Å². The van der Waals surface area contributed by atoms with Crippen LogP contribution in [0.5, 0.6) is 0 Å². The molecule has 0 radical (unpaired) electrons. The van der Waals surface area contributed by atoms with Gasteiger partial charge in [0.15, 0.2) is 17.5 Å². The molecular weight excluding hydrogens is 671 g/mol. The zero-order valence-electron chi connectivity index (χ0n) is 30.3. The number of allylic oxidation sites excluding steroid dienone is 2. The molecule has 0 saturated carbocycles. The molecule has 0 saturated heterocycles. The van der Waals surface area contributed by atoms with Crippen molar-refractivity contribution in [3.63, 3.8) is 0 Å². The Morgan fingerprint density at radius 1 is 0.491 bits per heavy atom. The zero-order chi connectivity index (χ0) is 36.9. The van der Waals surface area contributed by atoms with Gasteiger partial charge in [0.25, 0.3) is 0 Å². The van der Waals surface area contributed by atoms with Gasteiger partial charge in [0.2, 0.25) is 0 Å². The summed E-state index contributed by atoms with van der Waals surface area (Å²) in [7, 11) is 0. The lowest BCUT2D eigenvalue weighted by atomic mass is 10.0. The van der Waals surface area contributed by atoms with Crippen molar-refractivity contribution in [3.05, 3.63) is 194 Å². The summed E-state index contributed by atoms with van der Waals surface area (Å²) < 4.78 is 4.77. The molecule has 10 aromatic rings. The van der Waals surface area contributed by atoms with Crippen LogP contribution in [0.15, 0.2) is 183 Å². The van der Waals surface area contributed by atoms with Crippen molar-refractivity contribution in [1.82, 2.24) is 24.1 Å². The molecule has 55 heavy (non-hydrogen) atoms. The Kier molecular flexibility index (Phi) is 7.77. The highest BCUT2D eigenvalue weighted by Gasteiger charge is 2.22. The molecule has 3 heterocycles. The van der Waals surface area contributed by atoms with E-state index in [0.717, 1.165) is 50.0 Å². The molecule has 0 spiro atoms. The van der Waals surface area contributed by atoms with E-state index in [1.165, 1.54) is 32.8 Å². The average molecular weight is 706 g/mol. The van der Waals surface area contributed by atoms with E-state index in [0.29, 0.717) is 17.5 Å². The van der Waals surface area contributed by atoms with Crippen molar-refractivity contribution in [1.29, 1.82) is 0 Å². The predicted octanol–water partition coefficient (Wildman–Crippen LogP) is 12.6. The topological polar surface area (TPSA) is 48.5 Å². The van der Waals surface area contributed by atoms with Crippen LogP contribution in [0.2, 0.25) is 0 Å². The van der Waals surface area contributed by atoms with Gasteiger partial charge in [0.05, 0.1) is 16.6 Å². The van der Waals surface area contributed by atoms with E-state index in [1.807, 2.05) is 72.8 Å². The number of nitrogens with zero attached hydrogens (tertiary/aromatic N) is 5. The number of rotatable bonds is 7. The van der Waals surface area contributed by atoms with Crippen LogP contribution in [0.4, 0.5) is 0 Å². The molecule has 5 nitrogen and oxygen atoms in total. The standard InChI is InChI=1S/C50H35N5/c1-3-4-24-39-33(2)54(44-30-31-45-47(46(39)44)42-25-14-15-27-43(42)55(45)37-22-12-7-13-23-37)38-28-29-40-36(32-38)21-16-26-41(40)50-52-48(34-17-8-5-9-18-34)51-49(53-50)35-19-10-6-11-20-35/h3-32H,1H2,2H3/b24-4-. The first-order chi connectivity index (χ1) is 27.2. The van der Waals surface area contributed by atoms with Crippen LogP contribution in [0.3, 0.4) is 0 Å². The molecule has 10 rings (SSSR count). The van der Waals surface area contributed by atoms with Crippen LogP contribution in [0, 0.1) is 6.92 Å². The molecular formula is C50H35N5. The first-order valence-electron chi connectivity index (χ1n) is 18.5. The van der Waals surface area contributed by atoms with Gasteiger partial charge in [-0.25, -0.2) is 15.0 Å². The summed E-state index contributed by atoms with van der Waals surface area (Å²) in [5.41, 5.74) is 10.9. The van der Waals surface area contributed by atoms with Crippen molar-refractivity contribution in [2.45, 2.75) is 6.92 Å². The van der Waals surface area contributed by atoms with Gasteiger partial charge in [0.1, 0.15) is 0 Å². The van der Waals surface area contributed by atoms with E-state index in [4.69, 9.17) is 15.0 Å². The maximum Gasteiger partial charge on any atom is 0.164 e. The van der Waals surface area contributed by atoms with Gasteiger partial charge in [-0.2, -0.15) is 0 Å². The van der Waals surface area contributed by atoms with E-state index < -0.39 is 0 Å². The van der Waals surface area contributed by atoms with Crippen molar-refractivity contribution < 1.29 is 0 Å². The van der Waals surface area contributed by atoms with Crippen molar-refractivity contribution >= 4 is 49.6 Å². The Morgan fingerprint density at radius 3 is 1.80 bits per heavy atom.